The first-order valence-corrected chi connectivity index (χ1v) is 15.5. The number of amides is 1. The lowest BCUT2D eigenvalue weighted by Crippen LogP contribution is -2.62. The number of hydrogen-bond donors (Lipinski definition) is 5. The third-order valence-corrected chi connectivity index (χ3v) is 10.4. The average Bonchev–Trinajstić information content (AvgIpc) is 3.46. The zero-order valence-electron chi connectivity index (χ0n) is 25.6. The molecule has 4 aliphatic carbocycles. The lowest BCUT2D eigenvalue weighted by molar-refractivity contribution is -0.155. The van der Waals surface area contributed by atoms with Crippen LogP contribution in [0.1, 0.15) is 102 Å². The van der Waals surface area contributed by atoms with Gasteiger partial charge in [-0.15, -0.1) is 0 Å². The van der Waals surface area contributed by atoms with Crippen molar-refractivity contribution in [3.05, 3.63) is 45.7 Å². The molecule has 9 nitrogen and oxygen atoms in total. The second-order valence-electron chi connectivity index (χ2n) is 13.9. The van der Waals surface area contributed by atoms with Gasteiger partial charge < -0.3 is 25.7 Å². The van der Waals surface area contributed by atoms with E-state index in [4.69, 9.17) is 0 Å². The predicted molar refractivity (Wildman–Crippen MR) is 159 cm³/mol. The maximum atomic E-state index is 14.4. The number of benzene rings is 1. The number of phenolic OH excluding ortho intramolecular Hbond substituents is 1. The van der Waals surface area contributed by atoms with Crippen LogP contribution >= 0.6 is 0 Å². The van der Waals surface area contributed by atoms with E-state index in [2.05, 4.69) is 5.32 Å². The van der Waals surface area contributed by atoms with Gasteiger partial charge in [-0.1, -0.05) is 59.6 Å². The third kappa shape index (κ3) is 4.80. The Morgan fingerprint density at radius 2 is 1.72 bits per heavy atom. The molecule has 5 N–H and O–H groups in total. The quantitative estimate of drug-likeness (QED) is 0.297. The van der Waals surface area contributed by atoms with E-state index in [1.54, 1.807) is 19.1 Å². The summed E-state index contributed by atoms with van der Waals surface area (Å²) in [7, 11) is 0. The van der Waals surface area contributed by atoms with Gasteiger partial charge in [0.25, 0.3) is 5.91 Å². The zero-order chi connectivity index (χ0) is 31.6. The molecular formula is C34H43NO8. The normalized spacial score (nSPS) is 29.3. The molecule has 1 aromatic carbocycles. The van der Waals surface area contributed by atoms with E-state index in [-0.39, 0.29) is 41.4 Å². The Kier molecular flexibility index (Phi) is 7.86. The first kappa shape index (κ1) is 31.0. The molecule has 0 saturated heterocycles. The number of aliphatic hydroxyl groups excluding tert-OH is 2. The Balaban J connectivity index is 1.68. The summed E-state index contributed by atoms with van der Waals surface area (Å²) in [4.78, 5) is 53.9. The van der Waals surface area contributed by atoms with Gasteiger partial charge in [-0.25, -0.2) is 0 Å². The number of carbonyl (C=O) groups excluding carboxylic acids is 4. The molecule has 0 bridgehead atoms. The molecule has 1 amide bonds. The number of phenols is 1. The standard InChI is InChI=1S/C34H43NO8/c1-6-18(36)13-20-22-14-23(37)26(32(42)35-15-17-9-7-8-10-17)30(40)34(22,43)31(41)27-24(20)16(2)19-11-12-21(33(3,4)5)28(38)25(19)29(27)39/h11-12,16-17,20,22,24,38-40,43H,6-10,13-15H2,1-5H3,(H,35,42)/t16-,20+,22+,24-,34+/m0/s1. The van der Waals surface area contributed by atoms with Crippen LogP contribution in [0.15, 0.2) is 29.0 Å². The Hall–Kier alpha value is -3.46. The van der Waals surface area contributed by atoms with Crippen LogP contribution in [0.4, 0.5) is 0 Å². The zero-order valence-corrected chi connectivity index (χ0v) is 25.6. The molecule has 0 aliphatic heterocycles. The highest BCUT2D eigenvalue weighted by molar-refractivity contribution is 6.23. The molecule has 9 heteroatoms. The Morgan fingerprint density at radius 1 is 1.07 bits per heavy atom. The van der Waals surface area contributed by atoms with Crippen LogP contribution in [0.25, 0.3) is 5.76 Å². The van der Waals surface area contributed by atoms with E-state index in [0.717, 1.165) is 25.7 Å². The summed E-state index contributed by atoms with van der Waals surface area (Å²) in [6, 6.07) is 3.58. The molecule has 43 heavy (non-hydrogen) atoms. The molecule has 232 valence electrons. The van der Waals surface area contributed by atoms with E-state index in [1.165, 1.54) is 0 Å². The fraction of sp³-hybridized carbons (Fsp3) is 0.588. The predicted octanol–water partition coefficient (Wildman–Crippen LogP) is 4.70. The largest absolute Gasteiger partial charge is 0.508 e. The fourth-order valence-electron chi connectivity index (χ4n) is 8.01. The average molecular weight is 594 g/mol. The molecule has 0 aromatic heterocycles. The molecule has 2 saturated carbocycles. The Labute approximate surface area is 252 Å². The monoisotopic (exact) mass is 593 g/mol. The molecule has 4 aliphatic rings. The third-order valence-electron chi connectivity index (χ3n) is 10.4. The smallest absolute Gasteiger partial charge is 0.258 e. The molecular weight excluding hydrogens is 550 g/mol. The molecule has 1 aromatic rings. The number of aliphatic hydroxyl groups is 3. The first-order chi connectivity index (χ1) is 20.1. The van der Waals surface area contributed by atoms with E-state index in [9.17, 15) is 39.6 Å². The van der Waals surface area contributed by atoms with Gasteiger partial charge in [-0.3, -0.25) is 19.2 Å². The number of aromatic hydroxyl groups is 1. The van der Waals surface area contributed by atoms with Crippen molar-refractivity contribution in [1.29, 1.82) is 0 Å². The number of hydrogen-bond acceptors (Lipinski definition) is 8. The van der Waals surface area contributed by atoms with Gasteiger partial charge in [0.2, 0.25) is 5.78 Å². The number of fused-ring (bicyclic) bond motifs is 3. The van der Waals surface area contributed by atoms with Crippen LogP contribution < -0.4 is 5.32 Å². The Morgan fingerprint density at radius 3 is 2.33 bits per heavy atom. The number of rotatable bonds is 6. The van der Waals surface area contributed by atoms with Gasteiger partial charge in [-0.05, 0) is 41.6 Å². The van der Waals surface area contributed by atoms with E-state index < -0.39 is 75.7 Å². The highest BCUT2D eigenvalue weighted by atomic mass is 16.3. The lowest BCUT2D eigenvalue weighted by Gasteiger charge is -2.52. The van der Waals surface area contributed by atoms with Crippen molar-refractivity contribution in [2.24, 2.45) is 23.7 Å². The summed E-state index contributed by atoms with van der Waals surface area (Å²) >= 11 is 0. The number of Topliss-reactive ketones (excluding diaryl/α,β-unsaturated/α-hetero) is 3. The van der Waals surface area contributed by atoms with Crippen LogP contribution in [0.3, 0.4) is 0 Å². The summed E-state index contributed by atoms with van der Waals surface area (Å²) < 4.78 is 0. The minimum Gasteiger partial charge on any atom is -0.508 e. The highest BCUT2D eigenvalue weighted by Gasteiger charge is 2.65. The van der Waals surface area contributed by atoms with Crippen molar-refractivity contribution in [1.82, 2.24) is 5.32 Å². The topological polar surface area (TPSA) is 161 Å². The summed E-state index contributed by atoms with van der Waals surface area (Å²) in [5.74, 6) is -7.52. The first-order valence-electron chi connectivity index (χ1n) is 15.5. The van der Waals surface area contributed by atoms with Crippen LogP contribution in [0.5, 0.6) is 5.75 Å². The fourth-order valence-corrected chi connectivity index (χ4v) is 8.01. The van der Waals surface area contributed by atoms with Crippen LogP contribution in [-0.2, 0) is 24.6 Å². The summed E-state index contributed by atoms with van der Waals surface area (Å²) in [5, 5.41) is 49.4. The van der Waals surface area contributed by atoms with E-state index in [0.29, 0.717) is 17.7 Å². The lowest BCUT2D eigenvalue weighted by atomic mass is 9.51. The van der Waals surface area contributed by atoms with Crippen molar-refractivity contribution >= 4 is 29.0 Å². The van der Waals surface area contributed by atoms with Gasteiger partial charge in [0.15, 0.2) is 11.4 Å². The van der Waals surface area contributed by atoms with Crippen molar-refractivity contribution in [3.63, 3.8) is 0 Å². The van der Waals surface area contributed by atoms with Gasteiger partial charge in [-0.2, -0.15) is 0 Å². The maximum absolute atomic E-state index is 14.4. The van der Waals surface area contributed by atoms with Crippen LogP contribution in [-0.4, -0.2) is 55.8 Å². The van der Waals surface area contributed by atoms with Crippen LogP contribution in [0.2, 0.25) is 0 Å². The van der Waals surface area contributed by atoms with E-state index in [1.807, 2.05) is 27.7 Å². The van der Waals surface area contributed by atoms with Gasteiger partial charge in [0.05, 0.1) is 5.56 Å². The highest BCUT2D eigenvalue weighted by Crippen LogP contribution is 2.59. The second-order valence-corrected chi connectivity index (χ2v) is 13.9. The van der Waals surface area contributed by atoms with Crippen molar-refractivity contribution in [2.45, 2.75) is 96.5 Å². The van der Waals surface area contributed by atoms with E-state index >= 15 is 0 Å². The SMILES string of the molecule is CCC(=O)C[C@H]1[C@H]2C(=C(O)c3c(ccc(C(C)(C)C)c3O)[C@@H]2C)C(=O)[C@]2(O)C(O)=C(C(=O)NCC3CCCC3)C(=O)C[C@H]12. The molecule has 5 rings (SSSR count). The molecule has 0 unspecified atom stereocenters. The van der Waals surface area contributed by atoms with Crippen LogP contribution in [0, 0.1) is 23.7 Å². The molecule has 2 fully saturated rings. The van der Waals surface area contributed by atoms with Crippen molar-refractivity contribution < 1.29 is 39.6 Å². The molecule has 0 spiro atoms. The van der Waals surface area contributed by atoms with Crippen molar-refractivity contribution in [3.8, 4) is 5.75 Å². The number of nitrogens with one attached hydrogen (secondary N) is 1. The van der Waals surface area contributed by atoms with Crippen molar-refractivity contribution in [2.75, 3.05) is 6.54 Å². The second kappa shape index (κ2) is 10.9. The van der Waals surface area contributed by atoms with Gasteiger partial charge in [0.1, 0.15) is 28.6 Å². The van der Waals surface area contributed by atoms with Gasteiger partial charge >= 0.3 is 0 Å². The molecule has 0 radical (unpaired) electrons. The summed E-state index contributed by atoms with van der Waals surface area (Å²) in [5.41, 5.74) is -2.86. The maximum Gasteiger partial charge on any atom is 0.258 e. The minimum absolute atomic E-state index is 0.0760. The van der Waals surface area contributed by atoms with Gasteiger partial charge in [0, 0.05) is 48.8 Å². The molecule has 5 atom stereocenters. The number of ketones is 3. The minimum atomic E-state index is -2.71. The Bertz CT molecular complexity index is 1460. The number of carbonyl (C=O) groups is 4. The molecule has 0 heterocycles. The summed E-state index contributed by atoms with van der Waals surface area (Å²) in [6.45, 7) is 9.54. The summed E-state index contributed by atoms with van der Waals surface area (Å²) in [6.07, 6.45) is 3.64.